The molecule has 0 aromatic heterocycles. The van der Waals surface area contributed by atoms with Crippen LogP contribution in [0, 0.1) is 0 Å². The minimum Gasteiger partial charge on any atom is -0.0893 e. The van der Waals surface area contributed by atoms with E-state index in [2.05, 4.69) is 35.8 Å². The Morgan fingerprint density at radius 3 is 2.62 bits per heavy atom. The molecule has 0 aliphatic rings. The summed E-state index contributed by atoms with van der Waals surface area (Å²) in [5.41, 5.74) is 1.32. The summed E-state index contributed by atoms with van der Waals surface area (Å²) in [7, 11) is 0. The van der Waals surface area contributed by atoms with E-state index in [4.69, 9.17) is 11.6 Å². The molecule has 0 amide bonds. The average Bonchev–Trinajstić information content (AvgIpc) is 2.03. The van der Waals surface area contributed by atoms with Crippen molar-refractivity contribution in [3.05, 3.63) is 34.9 Å². The zero-order valence-corrected chi connectivity index (χ0v) is 10.3. The van der Waals surface area contributed by atoms with Gasteiger partial charge in [-0.3, -0.25) is 0 Å². The Kier molecular flexibility index (Phi) is 4.27. The summed E-state index contributed by atoms with van der Waals surface area (Å²) in [6.07, 6.45) is 1.14. The first-order chi connectivity index (χ1) is 6.09. The maximum absolute atomic E-state index is 5.91. The first kappa shape index (κ1) is 11.1. The second-order valence-corrected chi connectivity index (χ2v) is 5.47. The molecule has 0 saturated heterocycles. The molecule has 0 heterocycles. The van der Waals surface area contributed by atoms with Crippen LogP contribution in [0.5, 0.6) is 0 Å². The van der Waals surface area contributed by atoms with Gasteiger partial charge in [0.15, 0.2) is 0 Å². The Morgan fingerprint density at radius 2 is 2.08 bits per heavy atom. The zero-order valence-electron chi connectivity index (χ0n) is 7.93. The second-order valence-electron chi connectivity index (χ2n) is 3.47. The van der Waals surface area contributed by atoms with Crippen LogP contribution in [0.1, 0.15) is 31.7 Å². The lowest BCUT2D eigenvalue weighted by Crippen LogP contribution is -2.00. The summed E-state index contributed by atoms with van der Waals surface area (Å²) >= 11 is 9.47. The van der Waals surface area contributed by atoms with Gasteiger partial charge in [0.25, 0.3) is 0 Å². The molecule has 0 aliphatic heterocycles. The Bertz CT molecular complexity index is 271. The predicted molar refractivity (Wildman–Crippen MR) is 62.9 cm³/mol. The third kappa shape index (κ3) is 3.70. The molecule has 0 spiro atoms. The lowest BCUT2D eigenvalue weighted by atomic mass is 9.97. The van der Waals surface area contributed by atoms with Crippen molar-refractivity contribution in [2.24, 2.45) is 0 Å². The Balaban J connectivity index is 2.71. The van der Waals surface area contributed by atoms with Crippen molar-refractivity contribution in [1.82, 2.24) is 0 Å². The molecule has 0 N–H and O–H groups in total. The van der Waals surface area contributed by atoms with E-state index in [1.54, 1.807) is 0 Å². The van der Waals surface area contributed by atoms with Crippen molar-refractivity contribution in [3.63, 3.8) is 0 Å². The molecule has 2 heteroatoms. The summed E-state index contributed by atoms with van der Waals surface area (Å²) in [5, 5.41) is 0.826. The number of benzene rings is 1. The molecule has 0 fully saturated rings. The second kappa shape index (κ2) is 5.02. The zero-order chi connectivity index (χ0) is 9.84. The molecule has 72 valence electrons. The quantitative estimate of drug-likeness (QED) is 0.697. The largest absolute Gasteiger partial charge is 0.0893 e. The molecule has 1 aromatic carbocycles. The molecule has 0 saturated carbocycles. The van der Waals surface area contributed by atoms with E-state index in [1.807, 2.05) is 18.2 Å². The van der Waals surface area contributed by atoms with Crippen LogP contribution in [0.4, 0.5) is 0 Å². The van der Waals surface area contributed by atoms with Gasteiger partial charge >= 0.3 is 0 Å². The van der Waals surface area contributed by atoms with Gasteiger partial charge < -0.3 is 0 Å². The fourth-order valence-corrected chi connectivity index (χ4v) is 2.20. The van der Waals surface area contributed by atoms with Crippen LogP contribution in [0.2, 0.25) is 5.02 Å². The summed E-state index contributed by atoms with van der Waals surface area (Å²) < 4.78 is 0. The Labute approximate surface area is 93.4 Å². The highest BCUT2D eigenvalue weighted by Gasteiger charge is 2.08. The third-order valence-corrected chi connectivity index (χ3v) is 2.70. The van der Waals surface area contributed by atoms with Crippen molar-refractivity contribution < 1.29 is 0 Å². The number of alkyl halides is 1. The summed E-state index contributed by atoms with van der Waals surface area (Å²) in [5.74, 6) is 0.563. The van der Waals surface area contributed by atoms with Gasteiger partial charge in [0, 0.05) is 9.85 Å². The summed E-state index contributed by atoms with van der Waals surface area (Å²) in [4.78, 5) is 0.557. The number of halogens is 2. The first-order valence-electron chi connectivity index (χ1n) is 4.49. The highest BCUT2D eigenvalue weighted by Crippen LogP contribution is 2.25. The molecular formula is C11H14BrCl. The van der Waals surface area contributed by atoms with Gasteiger partial charge in [0.1, 0.15) is 0 Å². The van der Waals surface area contributed by atoms with Gasteiger partial charge in [0.05, 0.1) is 0 Å². The predicted octanol–water partition coefficient (Wildman–Crippen LogP) is 4.62. The molecule has 0 bridgehead atoms. The molecule has 0 nitrogen and oxygen atoms in total. The van der Waals surface area contributed by atoms with E-state index in [0.29, 0.717) is 10.7 Å². The van der Waals surface area contributed by atoms with E-state index in [-0.39, 0.29) is 0 Å². The molecule has 1 aromatic rings. The average molecular weight is 262 g/mol. The van der Waals surface area contributed by atoms with Crippen LogP contribution in [0.3, 0.4) is 0 Å². The molecular weight excluding hydrogens is 247 g/mol. The number of rotatable bonds is 3. The van der Waals surface area contributed by atoms with Gasteiger partial charge in [-0.05, 0) is 30.0 Å². The Morgan fingerprint density at radius 1 is 1.38 bits per heavy atom. The maximum atomic E-state index is 5.91. The van der Waals surface area contributed by atoms with Crippen molar-refractivity contribution in [3.8, 4) is 0 Å². The first-order valence-corrected chi connectivity index (χ1v) is 5.78. The molecule has 2 unspecified atom stereocenters. The van der Waals surface area contributed by atoms with Crippen molar-refractivity contribution in [2.45, 2.75) is 31.0 Å². The SMILES string of the molecule is CC(Br)CC(C)c1cccc(Cl)c1. The molecule has 0 aliphatic carbocycles. The topological polar surface area (TPSA) is 0 Å². The van der Waals surface area contributed by atoms with Crippen molar-refractivity contribution >= 4 is 27.5 Å². The summed E-state index contributed by atoms with van der Waals surface area (Å²) in [6, 6.07) is 8.09. The normalized spacial score (nSPS) is 15.4. The van der Waals surface area contributed by atoms with E-state index in [9.17, 15) is 0 Å². The smallest absolute Gasteiger partial charge is 0.0408 e. The van der Waals surface area contributed by atoms with Gasteiger partial charge in [-0.25, -0.2) is 0 Å². The lowest BCUT2D eigenvalue weighted by Gasteiger charge is -2.13. The van der Waals surface area contributed by atoms with Crippen LogP contribution in [-0.4, -0.2) is 4.83 Å². The lowest BCUT2D eigenvalue weighted by molar-refractivity contribution is 0.682. The Hall–Kier alpha value is -0.0100. The maximum Gasteiger partial charge on any atom is 0.0408 e. The minimum absolute atomic E-state index is 0.557. The number of hydrogen-bond acceptors (Lipinski definition) is 0. The van der Waals surface area contributed by atoms with Gasteiger partial charge in [-0.15, -0.1) is 0 Å². The highest BCUT2D eigenvalue weighted by atomic mass is 79.9. The van der Waals surface area contributed by atoms with Crippen LogP contribution in [-0.2, 0) is 0 Å². The highest BCUT2D eigenvalue weighted by molar-refractivity contribution is 9.09. The minimum atomic E-state index is 0.557. The molecule has 1 rings (SSSR count). The van der Waals surface area contributed by atoms with E-state index in [0.717, 1.165) is 11.4 Å². The number of hydrogen-bond donors (Lipinski definition) is 0. The van der Waals surface area contributed by atoms with Crippen LogP contribution in [0.15, 0.2) is 24.3 Å². The van der Waals surface area contributed by atoms with Gasteiger partial charge in [0.2, 0.25) is 0 Å². The van der Waals surface area contributed by atoms with E-state index < -0.39 is 0 Å². The van der Waals surface area contributed by atoms with Crippen molar-refractivity contribution in [2.75, 3.05) is 0 Å². The molecule has 13 heavy (non-hydrogen) atoms. The molecule has 2 atom stereocenters. The van der Waals surface area contributed by atoms with Crippen molar-refractivity contribution in [1.29, 1.82) is 0 Å². The fraction of sp³-hybridized carbons (Fsp3) is 0.455. The van der Waals surface area contributed by atoms with Gasteiger partial charge in [-0.1, -0.05) is 53.5 Å². The monoisotopic (exact) mass is 260 g/mol. The van der Waals surface area contributed by atoms with E-state index in [1.165, 1.54) is 5.56 Å². The standard InChI is InChI=1S/C11H14BrCl/c1-8(6-9(2)12)10-4-3-5-11(13)7-10/h3-5,7-9H,6H2,1-2H3. The third-order valence-electron chi connectivity index (χ3n) is 2.10. The fourth-order valence-electron chi connectivity index (χ4n) is 1.44. The molecule has 0 radical (unpaired) electrons. The van der Waals surface area contributed by atoms with Crippen LogP contribution >= 0.6 is 27.5 Å². The van der Waals surface area contributed by atoms with Crippen LogP contribution < -0.4 is 0 Å². The van der Waals surface area contributed by atoms with Gasteiger partial charge in [-0.2, -0.15) is 0 Å². The summed E-state index contributed by atoms with van der Waals surface area (Å²) in [6.45, 7) is 4.39. The van der Waals surface area contributed by atoms with Crippen LogP contribution in [0.25, 0.3) is 0 Å². The van der Waals surface area contributed by atoms with E-state index >= 15 is 0 Å².